The lowest BCUT2D eigenvalue weighted by Gasteiger charge is -2.26. The molecule has 1 aromatic rings. The first kappa shape index (κ1) is 29.6. The third-order valence-corrected chi connectivity index (χ3v) is 10.0. The smallest absolute Gasteiger partial charge is 0.363 e. The van der Waals surface area contributed by atoms with Gasteiger partial charge in [0.1, 0.15) is 23.7 Å². The zero-order chi connectivity index (χ0) is 26.4. The van der Waals surface area contributed by atoms with Gasteiger partial charge in [-0.15, -0.1) is 0 Å². The fourth-order valence-corrected chi connectivity index (χ4v) is 6.73. The molecule has 35 heavy (non-hydrogen) atoms. The standard InChI is InChI=1S/C25H41O8PSi/c1-10-32-34(27,33-11-2)25(29-6)17(3)12-13-19-22(28-5)18(4)20-16-31-24(26)21(20)23(19)30-14-15-35(7,8)9/h12,25H,10-11,13-16H2,1-9H3. The number of benzene rings is 1. The molecule has 1 unspecified atom stereocenters. The van der Waals surface area contributed by atoms with Gasteiger partial charge in [-0.25, -0.2) is 4.79 Å². The molecule has 10 heteroatoms. The summed E-state index contributed by atoms with van der Waals surface area (Å²) in [5.41, 5.74) is 3.55. The van der Waals surface area contributed by atoms with E-state index in [1.807, 2.05) is 19.9 Å². The van der Waals surface area contributed by atoms with Crippen LogP contribution in [0.15, 0.2) is 11.6 Å². The first-order valence-electron chi connectivity index (χ1n) is 12.0. The zero-order valence-corrected chi connectivity index (χ0v) is 24.5. The van der Waals surface area contributed by atoms with E-state index in [9.17, 15) is 9.36 Å². The predicted molar refractivity (Wildman–Crippen MR) is 140 cm³/mol. The van der Waals surface area contributed by atoms with Gasteiger partial charge in [-0.05, 0) is 51.3 Å². The van der Waals surface area contributed by atoms with Gasteiger partial charge in [0.25, 0.3) is 0 Å². The maximum Gasteiger partial charge on any atom is 0.363 e. The third-order valence-electron chi connectivity index (χ3n) is 5.87. The van der Waals surface area contributed by atoms with E-state index < -0.39 is 21.5 Å². The van der Waals surface area contributed by atoms with Crippen LogP contribution in [-0.4, -0.2) is 53.9 Å². The molecule has 1 heterocycles. The Labute approximate surface area is 210 Å². The number of allylic oxidation sites excluding steroid dienone is 1. The maximum absolute atomic E-state index is 13.4. The van der Waals surface area contributed by atoms with E-state index in [2.05, 4.69) is 19.6 Å². The van der Waals surface area contributed by atoms with Gasteiger partial charge in [0.15, 0.2) is 5.85 Å². The van der Waals surface area contributed by atoms with Gasteiger partial charge in [0.05, 0.1) is 26.9 Å². The average Bonchev–Trinajstić information content (AvgIpc) is 3.15. The molecule has 0 saturated heterocycles. The summed E-state index contributed by atoms with van der Waals surface area (Å²) in [4.78, 5) is 12.7. The number of carbonyl (C=O) groups is 1. The Morgan fingerprint density at radius 1 is 1.14 bits per heavy atom. The number of methoxy groups -OCH3 is 2. The lowest BCUT2D eigenvalue weighted by Crippen LogP contribution is -2.23. The maximum atomic E-state index is 13.4. The van der Waals surface area contributed by atoms with Crippen molar-refractivity contribution in [1.29, 1.82) is 0 Å². The lowest BCUT2D eigenvalue weighted by molar-refractivity contribution is 0.0532. The van der Waals surface area contributed by atoms with Crippen LogP contribution in [0.1, 0.15) is 47.8 Å². The topological polar surface area (TPSA) is 89.5 Å². The molecule has 0 fully saturated rings. The molecule has 1 aliphatic rings. The van der Waals surface area contributed by atoms with E-state index in [1.54, 1.807) is 21.0 Å². The molecule has 0 aliphatic carbocycles. The highest BCUT2D eigenvalue weighted by Gasteiger charge is 2.37. The summed E-state index contributed by atoms with van der Waals surface area (Å²) in [6.07, 6.45) is 2.27. The highest BCUT2D eigenvalue weighted by Crippen LogP contribution is 2.55. The largest absolute Gasteiger partial charge is 0.496 e. The second-order valence-corrected chi connectivity index (χ2v) is 17.4. The van der Waals surface area contributed by atoms with Crippen molar-refractivity contribution >= 4 is 21.6 Å². The molecule has 0 aromatic heterocycles. The van der Waals surface area contributed by atoms with E-state index in [4.69, 9.17) is 28.0 Å². The van der Waals surface area contributed by atoms with Crippen LogP contribution < -0.4 is 9.47 Å². The molecule has 0 amide bonds. The van der Waals surface area contributed by atoms with Crippen molar-refractivity contribution < 1.29 is 37.4 Å². The molecule has 1 aromatic carbocycles. The molecular weight excluding hydrogens is 487 g/mol. The van der Waals surface area contributed by atoms with Crippen molar-refractivity contribution in [1.82, 2.24) is 0 Å². The van der Waals surface area contributed by atoms with Crippen LogP contribution in [0, 0.1) is 6.92 Å². The minimum absolute atomic E-state index is 0.202. The molecule has 0 N–H and O–H groups in total. The van der Waals surface area contributed by atoms with Gasteiger partial charge in [-0.2, -0.15) is 0 Å². The van der Waals surface area contributed by atoms with Gasteiger partial charge in [-0.3, -0.25) is 4.57 Å². The Balaban J connectivity index is 2.54. The summed E-state index contributed by atoms with van der Waals surface area (Å²) in [7, 11) is -1.80. The minimum atomic E-state index is -3.53. The van der Waals surface area contributed by atoms with Crippen LogP contribution in [0.25, 0.3) is 0 Å². The number of fused-ring (bicyclic) bond motifs is 1. The summed E-state index contributed by atoms with van der Waals surface area (Å²) in [6, 6.07) is 0.943. The average molecular weight is 529 g/mol. The van der Waals surface area contributed by atoms with Gasteiger partial charge < -0.3 is 28.0 Å². The molecule has 8 nitrogen and oxygen atoms in total. The Morgan fingerprint density at radius 2 is 1.77 bits per heavy atom. The SMILES string of the molecule is CCOP(=O)(OCC)C(OC)C(C)=CCc1c(OC)c(C)c2c(c1OCC[Si](C)(C)C)C(=O)OC2. The fourth-order valence-electron chi connectivity index (χ4n) is 4.09. The molecule has 0 saturated carbocycles. The number of ether oxygens (including phenoxy) is 4. The van der Waals surface area contributed by atoms with Crippen molar-refractivity contribution in [3.05, 3.63) is 33.9 Å². The first-order chi connectivity index (χ1) is 16.4. The van der Waals surface area contributed by atoms with Crippen molar-refractivity contribution in [2.24, 2.45) is 0 Å². The van der Waals surface area contributed by atoms with E-state index in [-0.39, 0.29) is 25.8 Å². The minimum Gasteiger partial charge on any atom is -0.496 e. The van der Waals surface area contributed by atoms with Crippen LogP contribution in [0.3, 0.4) is 0 Å². The molecule has 0 radical (unpaired) electrons. The Bertz CT molecular complexity index is 973. The Morgan fingerprint density at radius 3 is 2.29 bits per heavy atom. The fraction of sp³-hybridized carbons (Fsp3) is 0.640. The van der Waals surface area contributed by atoms with Gasteiger partial charge >= 0.3 is 13.6 Å². The first-order valence-corrected chi connectivity index (χ1v) is 17.4. The summed E-state index contributed by atoms with van der Waals surface area (Å²) < 4.78 is 47.3. The van der Waals surface area contributed by atoms with Crippen LogP contribution in [0.4, 0.5) is 0 Å². The highest BCUT2D eigenvalue weighted by molar-refractivity contribution is 7.54. The van der Waals surface area contributed by atoms with Gasteiger partial charge in [0.2, 0.25) is 0 Å². The molecule has 1 atom stereocenters. The van der Waals surface area contributed by atoms with E-state index in [0.29, 0.717) is 35.7 Å². The van der Waals surface area contributed by atoms with Crippen molar-refractivity contribution in [2.45, 2.75) is 72.3 Å². The normalized spacial score (nSPS) is 15.1. The number of cyclic esters (lactones) is 1. The Kier molecular flexibility index (Phi) is 10.6. The molecule has 0 spiro atoms. The lowest BCUT2D eigenvalue weighted by atomic mass is 9.95. The van der Waals surface area contributed by atoms with Crippen LogP contribution in [0.2, 0.25) is 25.7 Å². The van der Waals surface area contributed by atoms with Gasteiger partial charge in [-0.1, -0.05) is 25.7 Å². The Hall–Kier alpha value is -1.64. The van der Waals surface area contributed by atoms with Gasteiger partial charge in [0, 0.05) is 26.3 Å². The zero-order valence-electron chi connectivity index (χ0n) is 22.6. The second-order valence-electron chi connectivity index (χ2n) is 9.67. The predicted octanol–water partition coefficient (Wildman–Crippen LogP) is 6.12. The van der Waals surface area contributed by atoms with Crippen LogP contribution in [-0.2, 0) is 36.1 Å². The monoisotopic (exact) mass is 528 g/mol. The van der Waals surface area contributed by atoms with Crippen LogP contribution in [0.5, 0.6) is 11.5 Å². The molecule has 0 bridgehead atoms. The summed E-state index contributed by atoms with van der Waals surface area (Å²) >= 11 is 0. The molecular formula is C25H41O8PSi. The number of hydrogen-bond acceptors (Lipinski definition) is 8. The summed E-state index contributed by atoms with van der Waals surface area (Å²) in [5, 5.41) is 0. The van der Waals surface area contributed by atoms with Crippen molar-refractivity contribution in [3.8, 4) is 11.5 Å². The third kappa shape index (κ3) is 6.98. The van der Waals surface area contributed by atoms with E-state index in [0.717, 1.165) is 22.7 Å². The summed E-state index contributed by atoms with van der Waals surface area (Å²) in [5.74, 6) is -0.0901. The molecule has 1 aliphatic heterocycles. The van der Waals surface area contributed by atoms with Crippen molar-refractivity contribution in [3.63, 3.8) is 0 Å². The molecule has 198 valence electrons. The van der Waals surface area contributed by atoms with E-state index in [1.165, 1.54) is 7.11 Å². The summed E-state index contributed by atoms with van der Waals surface area (Å²) in [6.45, 7) is 15.3. The number of hydrogen-bond donors (Lipinski definition) is 0. The highest BCUT2D eigenvalue weighted by atomic mass is 31.2. The number of esters is 1. The van der Waals surface area contributed by atoms with Crippen LogP contribution >= 0.6 is 7.60 Å². The quantitative estimate of drug-likeness (QED) is 0.124. The second kappa shape index (κ2) is 12.5. The number of rotatable bonds is 14. The van der Waals surface area contributed by atoms with E-state index >= 15 is 0 Å². The molecule has 2 rings (SSSR count). The number of carbonyl (C=O) groups excluding carboxylic acids is 1. The van der Waals surface area contributed by atoms with Crippen molar-refractivity contribution in [2.75, 3.05) is 34.0 Å².